The fourth-order valence-corrected chi connectivity index (χ4v) is 1.51. The van der Waals surface area contributed by atoms with Crippen LogP contribution in [0.2, 0.25) is 0 Å². The summed E-state index contributed by atoms with van der Waals surface area (Å²) < 4.78 is 5.63. The van der Waals surface area contributed by atoms with Crippen LogP contribution in [-0.4, -0.2) is 19.1 Å². The Bertz CT molecular complexity index is 614. The van der Waals surface area contributed by atoms with Gasteiger partial charge in [-0.2, -0.15) is 5.26 Å². The van der Waals surface area contributed by atoms with Crippen LogP contribution < -0.4 is 15.4 Å². The van der Waals surface area contributed by atoms with Crippen LogP contribution in [0.5, 0.6) is 11.6 Å². The summed E-state index contributed by atoms with van der Waals surface area (Å²) in [5, 5.41) is 8.70. The van der Waals surface area contributed by atoms with Crippen molar-refractivity contribution in [1.82, 2.24) is 4.98 Å². The van der Waals surface area contributed by atoms with Gasteiger partial charge in [0.2, 0.25) is 5.88 Å². The van der Waals surface area contributed by atoms with Crippen molar-refractivity contribution in [3.8, 4) is 17.7 Å². The zero-order chi connectivity index (χ0) is 13.8. The first-order valence-electron chi connectivity index (χ1n) is 5.71. The third-order valence-electron chi connectivity index (χ3n) is 2.59. The predicted molar refractivity (Wildman–Crippen MR) is 74.2 cm³/mol. The Morgan fingerprint density at radius 3 is 2.63 bits per heavy atom. The number of ether oxygens (including phenoxy) is 1. The molecule has 0 aliphatic rings. The minimum atomic E-state index is 0.404. The van der Waals surface area contributed by atoms with Gasteiger partial charge in [0.05, 0.1) is 11.3 Å². The average Bonchev–Trinajstić information content (AvgIpc) is 2.42. The first-order valence-corrected chi connectivity index (χ1v) is 5.71. The molecule has 2 aromatic rings. The molecule has 0 aliphatic carbocycles. The SMILES string of the molecule is CN(C)c1ccc(N)c(Oc2ccc(C#N)cn2)c1. The molecule has 1 heterocycles. The molecular weight excluding hydrogens is 240 g/mol. The summed E-state index contributed by atoms with van der Waals surface area (Å²) >= 11 is 0. The second kappa shape index (κ2) is 5.27. The summed E-state index contributed by atoms with van der Waals surface area (Å²) in [5.74, 6) is 0.949. The van der Waals surface area contributed by atoms with E-state index in [1.165, 1.54) is 6.20 Å². The van der Waals surface area contributed by atoms with Gasteiger partial charge in [0, 0.05) is 38.1 Å². The molecule has 0 fully saturated rings. The maximum atomic E-state index is 8.70. The van der Waals surface area contributed by atoms with Crippen molar-refractivity contribution in [2.75, 3.05) is 24.7 Å². The van der Waals surface area contributed by atoms with E-state index in [1.54, 1.807) is 18.2 Å². The third-order valence-corrected chi connectivity index (χ3v) is 2.59. The van der Waals surface area contributed by atoms with Crippen LogP contribution in [0.3, 0.4) is 0 Å². The van der Waals surface area contributed by atoms with Crippen LogP contribution in [0, 0.1) is 11.3 Å². The fraction of sp³-hybridized carbons (Fsp3) is 0.143. The van der Waals surface area contributed by atoms with Gasteiger partial charge >= 0.3 is 0 Å². The van der Waals surface area contributed by atoms with E-state index in [9.17, 15) is 0 Å². The van der Waals surface area contributed by atoms with Crippen molar-refractivity contribution in [2.45, 2.75) is 0 Å². The van der Waals surface area contributed by atoms with E-state index in [2.05, 4.69) is 4.98 Å². The molecule has 1 aromatic carbocycles. The highest BCUT2D eigenvalue weighted by atomic mass is 16.5. The Balaban J connectivity index is 2.27. The molecule has 96 valence electrons. The summed E-state index contributed by atoms with van der Waals surface area (Å²) in [6.45, 7) is 0. The van der Waals surface area contributed by atoms with Gasteiger partial charge in [-0.25, -0.2) is 4.98 Å². The van der Waals surface area contributed by atoms with Crippen molar-refractivity contribution < 1.29 is 4.74 Å². The molecule has 5 nitrogen and oxygen atoms in total. The largest absolute Gasteiger partial charge is 0.437 e. The van der Waals surface area contributed by atoms with Gasteiger partial charge in [-0.1, -0.05) is 0 Å². The zero-order valence-electron chi connectivity index (χ0n) is 10.8. The number of aromatic nitrogens is 1. The number of hydrogen-bond donors (Lipinski definition) is 1. The Morgan fingerprint density at radius 1 is 1.26 bits per heavy atom. The van der Waals surface area contributed by atoms with E-state index in [0.29, 0.717) is 22.9 Å². The molecule has 19 heavy (non-hydrogen) atoms. The van der Waals surface area contributed by atoms with Crippen molar-refractivity contribution >= 4 is 11.4 Å². The van der Waals surface area contributed by atoms with Crippen LogP contribution in [0.4, 0.5) is 11.4 Å². The molecule has 2 N–H and O–H groups in total. The van der Waals surface area contributed by atoms with Gasteiger partial charge in [-0.05, 0) is 18.2 Å². The van der Waals surface area contributed by atoms with Gasteiger partial charge in [0.1, 0.15) is 6.07 Å². The van der Waals surface area contributed by atoms with Crippen molar-refractivity contribution in [3.05, 3.63) is 42.1 Å². The minimum Gasteiger partial charge on any atom is -0.437 e. The summed E-state index contributed by atoms with van der Waals surface area (Å²) in [5.41, 5.74) is 7.88. The predicted octanol–water partition coefficient (Wildman–Crippen LogP) is 2.39. The van der Waals surface area contributed by atoms with Crippen LogP contribution in [0.1, 0.15) is 5.56 Å². The lowest BCUT2D eigenvalue weighted by molar-refractivity contribution is 0.465. The van der Waals surface area contributed by atoms with E-state index in [0.717, 1.165) is 5.69 Å². The molecule has 0 saturated heterocycles. The van der Waals surface area contributed by atoms with E-state index in [-0.39, 0.29) is 0 Å². The number of pyridine rings is 1. The minimum absolute atomic E-state index is 0.404. The van der Waals surface area contributed by atoms with Crippen molar-refractivity contribution in [1.29, 1.82) is 5.26 Å². The lowest BCUT2D eigenvalue weighted by Gasteiger charge is -2.15. The molecule has 0 atom stereocenters. The Morgan fingerprint density at radius 2 is 2.05 bits per heavy atom. The summed E-state index contributed by atoms with van der Waals surface area (Å²) in [6.07, 6.45) is 1.46. The first-order chi connectivity index (χ1) is 9.10. The molecule has 0 radical (unpaired) electrons. The molecule has 0 unspecified atom stereocenters. The Kier molecular flexibility index (Phi) is 3.53. The van der Waals surface area contributed by atoms with E-state index in [4.69, 9.17) is 15.7 Å². The second-order valence-electron chi connectivity index (χ2n) is 4.22. The molecule has 2 rings (SSSR count). The number of anilines is 2. The Labute approximate surface area is 111 Å². The fourth-order valence-electron chi connectivity index (χ4n) is 1.51. The normalized spacial score (nSPS) is 9.74. The summed E-state index contributed by atoms with van der Waals surface area (Å²) in [4.78, 5) is 6.00. The summed E-state index contributed by atoms with van der Waals surface area (Å²) in [6, 6.07) is 10.8. The quantitative estimate of drug-likeness (QED) is 0.851. The maximum Gasteiger partial charge on any atom is 0.219 e. The molecular formula is C14H14N4O. The van der Waals surface area contributed by atoms with Crippen LogP contribution in [0.15, 0.2) is 36.5 Å². The van der Waals surface area contributed by atoms with Crippen LogP contribution in [0.25, 0.3) is 0 Å². The molecule has 1 aromatic heterocycles. The van der Waals surface area contributed by atoms with Crippen molar-refractivity contribution in [2.24, 2.45) is 0 Å². The molecule has 0 aliphatic heterocycles. The highest BCUT2D eigenvalue weighted by Gasteiger charge is 2.06. The lowest BCUT2D eigenvalue weighted by Crippen LogP contribution is -2.08. The van der Waals surface area contributed by atoms with E-state index >= 15 is 0 Å². The molecule has 0 bridgehead atoms. The average molecular weight is 254 g/mol. The first kappa shape index (κ1) is 12.7. The zero-order valence-corrected chi connectivity index (χ0v) is 10.8. The Hall–Kier alpha value is -2.74. The van der Waals surface area contributed by atoms with Gasteiger partial charge in [0.15, 0.2) is 5.75 Å². The molecule has 0 amide bonds. The van der Waals surface area contributed by atoms with Crippen LogP contribution in [-0.2, 0) is 0 Å². The molecule has 0 spiro atoms. The summed E-state index contributed by atoms with van der Waals surface area (Å²) in [7, 11) is 3.88. The van der Waals surface area contributed by atoms with Gasteiger partial charge in [-0.3, -0.25) is 0 Å². The number of hydrogen-bond acceptors (Lipinski definition) is 5. The smallest absolute Gasteiger partial charge is 0.219 e. The highest BCUT2D eigenvalue weighted by Crippen LogP contribution is 2.30. The topological polar surface area (TPSA) is 75.2 Å². The van der Waals surface area contributed by atoms with Crippen molar-refractivity contribution in [3.63, 3.8) is 0 Å². The van der Waals surface area contributed by atoms with E-state index < -0.39 is 0 Å². The number of benzene rings is 1. The lowest BCUT2D eigenvalue weighted by atomic mass is 10.2. The molecule has 5 heteroatoms. The highest BCUT2D eigenvalue weighted by molar-refractivity contribution is 5.62. The third kappa shape index (κ3) is 2.93. The maximum absolute atomic E-state index is 8.70. The van der Waals surface area contributed by atoms with E-state index in [1.807, 2.05) is 37.2 Å². The number of nitrogen functional groups attached to an aromatic ring is 1. The second-order valence-corrected chi connectivity index (χ2v) is 4.22. The number of nitrogens with zero attached hydrogens (tertiary/aromatic N) is 3. The number of nitrogens with two attached hydrogens (primary N) is 1. The standard InChI is InChI=1S/C14H14N4O/c1-18(2)11-4-5-12(16)13(7-11)19-14-6-3-10(8-15)9-17-14/h3-7,9H,16H2,1-2H3. The molecule has 0 saturated carbocycles. The van der Waals surface area contributed by atoms with Crippen LogP contribution >= 0.6 is 0 Å². The number of rotatable bonds is 3. The van der Waals surface area contributed by atoms with Gasteiger partial charge in [-0.15, -0.1) is 0 Å². The monoisotopic (exact) mass is 254 g/mol. The van der Waals surface area contributed by atoms with Gasteiger partial charge in [0.25, 0.3) is 0 Å². The number of nitriles is 1. The van der Waals surface area contributed by atoms with Gasteiger partial charge < -0.3 is 15.4 Å².